The molecule has 0 aliphatic rings. The highest BCUT2D eigenvalue weighted by atomic mass is 16.2. The Bertz CT molecular complexity index is 389. The molecule has 0 aliphatic carbocycles. The van der Waals surface area contributed by atoms with Crippen LogP contribution in [0.25, 0.3) is 0 Å². The maximum Gasteiger partial charge on any atom is 0.234 e. The molecule has 4 nitrogen and oxygen atoms in total. The third-order valence-electron chi connectivity index (χ3n) is 3.25. The van der Waals surface area contributed by atoms with Crippen LogP contribution < -0.4 is 11.1 Å². The van der Waals surface area contributed by atoms with Gasteiger partial charge in [-0.2, -0.15) is 0 Å². The predicted molar refractivity (Wildman–Crippen MR) is 78.9 cm³/mol. The summed E-state index contributed by atoms with van der Waals surface area (Å²) in [5, 5.41) is 2.83. The van der Waals surface area contributed by atoms with Crippen LogP contribution >= 0.6 is 0 Å². The quantitative estimate of drug-likeness (QED) is 0.783. The van der Waals surface area contributed by atoms with E-state index < -0.39 is 0 Å². The minimum absolute atomic E-state index is 0.0508. The van der Waals surface area contributed by atoms with Crippen molar-refractivity contribution in [2.75, 3.05) is 26.2 Å². The van der Waals surface area contributed by atoms with Crippen molar-refractivity contribution in [3.05, 3.63) is 35.4 Å². The molecule has 1 atom stereocenters. The maximum atomic E-state index is 11.7. The smallest absolute Gasteiger partial charge is 0.234 e. The summed E-state index contributed by atoms with van der Waals surface area (Å²) in [5.74, 6) is 0.0508. The Morgan fingerprint density at radius 3 is 2.42 bits per heavy atom. The van der Waals surface area contributed by atoms with E-state index in [1.165, 1.54) is 11.1 Å². The standard InChI is InChI=1S/C15H25N3O/c1-4-17-15(19)11-18(5-2)14(10-16)13-8-6-12(3)7-9-13/h6-9,14H,4-5,10-11,16H2,1-3H3,(H,17,19). The fourth-order valence-electron chi connectivity index (χ4n) is 2.16. The molecule has 4 heteroatoms. The number of nitrogens with two attached hydrogens (primary N) is 1. The molecule has 3 N–H and O–H groups in total. The van der Waals surface area contributed by atoms with E-state index in [-0.39, 0.29) is 11.9 Å². The number of hydrogen-bond donors (Lipinski definition) is 2. The number of rotatable bonds is 7. The average molecular weight is 263 g/mol. The average Bonchev–Trinajstić information content (AvgIpc) is 2.40. The minimum atomic E-state index is 0.0508. The van der Waals surface area contributed by atoms with Crippen molar-refractivity contribution in [1.82, 2.24) is 10.2 Å². The number of benzene rings is 1. The van der Waals surface area contributed by atoms with Gasteiger partial charge in [-0.3, -0.25) is 9.69 Å². The summed E-state index contributed by atoms with van der Waals surface area (Å²) in [5.41, 5.74) is 8.29. The van der Waals surface area contributed by atoms with E-state index in [0.717, 1.165) is 6.54 Å². The van der Waals surface area contributed by atoms with E-state index in [9.17, 15) is 4.79 Å². The van der Waals surface area contributed by atoms with Crippen LogP contribution in [-0.2, 0) is 4.79 Å². The molecule has 0 radical (unpaired) electrons. The second-order valence-corrected chi connectivity index (χ2v) is 4.68. The summed E-state index contributed by atoms with van der Waals surface area (Å²) >= 11 is 0. The van der Waals surface area contributed by atoms with Crippen LogP contribution in [0.2, 0.25) is 0 Å². The van der Waals surface area contributed by atoms with Crippen molar-refractivity contribution in [3.63, 3.8) is 0 Å². The lowest BCUT2D eigenvalue weighted by Crippen LogP contribution is -2.41. The summed E-state index contributed by atoms with van der Waals surface area (Å²) in [6.07, 6.45) is 0. The lowest BCUT2D eigenvalue weighted by atomic mass is 10.0. The molecule has 0 saturated heterocycles. The number of aryl methyl sites for hydroxylation is 1. The van der Waals surface area contributed by atoms with Gasteiger partial charge in [-0.15, -0.1) is 0 Å². The van der Waals surface area contributed by atoms with Gasteiger partial charge in [0.05, 0.1) is 6.54 Å². The van der Waals surface area contributed by atoms with Crippen LogP contribution in [0.4, 0.5) is 0 Å². The van der Waals surface area contributed by atoms with Crippen molar-refractivity contribution in [2.45, 2.75) is 26.8 Å². The molecule has 1 amide bonds. The lowest BCUT2D eigenvalue weighted by Gasteiger charge is -2.29. The minimum Gasteiger partial charge on any atom is -0.355 e. The molecule has 0 aromatic heterocycles. The van der Waals surface area contributed by atoms with Crippen molar-refractivity contribution in [1.29, 1.82) is 0 Å². The van der Waals surface area contributed by atoms with Crippen LogP contribution in [-0.4, -0.2) is 37.0 Å². The van der Waals surface area contributed by atoms with Crippen molar-refractivity contribution < 1.29 is 4.79 Å². The number of nitrogens with one attached hydrogen (secondary N) is 1. The monoisotopic (exact) mass is 263 g/mol. The summed E-state index contributed by atoms with van der Waals surface area (Å²) < 4.78 is 0. The summed E-state index contributed by atoms with van der Waals surface area (Å²) in [6.45, 7) is 8.40. The molecule has 1 aromatic carbocycles. The van der Waals surface area contributed by atoms with Crippen LogP contribution in [0.15, 0.2) is 24.3 Å². The number of amides is 1. The van der Waals surface area contributed by atoms with Crippen LogP contribution in [0.5, 0.6) is 0 Å². The fourth-order valence-corrected chi connectivity index (χ4v) is 2.16. The molecule has 0 heterocycles. The highest BCUT2D eigenvalue weighted by Gasteiger charge is 2.19. The molecule has 0 spiro atoms. The number of likely N-dealkylation sites (N-methyl/N-ethyl adjacent to an activating group) is 2. The van der Waals surface area contributed by atoms with Crippen LogP contribution in [0.3, 0.4) is 0 Å². The molecule has 0 saturated carbocycles. The van der Waals surface area contributed by atoms with Gasteiger partial charge in [0.1, 0.15) is 0 Å². The van der Waals surface area contributed by atoms with E-state index in [4.69, 9.17) is 5.73 Å². The van der Waals surface area contributed by atoms with E-state index in [2.05, 4.69) is 48.3 Å². The van der Waals surface area contributed by atoms with Gasteiger partial charge in [0.15, 0.2) is 0 Å². The SMILES string of the molecule is CCNC(=O)CN(CC)C(CN)c1ccc(C)cc1. The molecular formula is C15H25N3O. The van der Waals surface area contributed by atoms with Gasteiger partial charge < -0.3 is 11.1 Å². The van der Waals surface area contributed by atoms with E-state index in [1.54, 1.807) is 0 Å². The zero-order valence-corrected chi connectivity index (χ0v) is 12.1. The number of nitrogens with zero attached hydrogens (tertiary/aromatic N) is 1. The zero-order valence-electron chi connectivity index (χ0n) is 12.1. The van der Waals surface area contributed by atoms with Gasteiger partial charge in [0, 0.05) is 19.1 Å². The first-order chi connectivity index (χ1) is 9.12. The number of carbonyl (C=O) groups excluding carboxylic acids is 1. The first-order valence-corrected chi connectivity index (χ1v) is 6.89. The third kappa shape index (κ3) is 4.65. The Morgan fingerprint density at radius 2 is 1.95 bits per heavy atom. The summed E-state index contributed by atoms with van der Waals surface area (Å²) in [7, 11) is 0. The first kappa shape index (κ1) is 15.7. The van der Waals surface area contributed by atoms with Crippen molar-refractivity contribution in [2.24, 2.45) is 5.73 Å². The molecule has 1 aromatic rings. The topological polar surface area (TPSA) is 58.4 Å². The fraction of sp³-hybridized carbons (Fsp3) is 0.533. The molecule has 0 bridgehead atoms. The molecule has 1 rings (SSSR count). The second-order valence-electron chi connectivity index (χ2n) is 4.68. The van der Waals surface area contributed by atoms with Crippen LogP contribution in [0, 0.1) is 6.92 Å². The van der Waals surface area contributed by atoms with Gasteiger partial charge >= 0.3 is 0 Å². The Hall–Kier alpha value is -1.39. The third-order valence-corrected chi connectivity index (χ3v) is 3.25. The Morgan fingerprint density at radius 1 is 1.32 bits per heavy atom. The zero-order chi connectivity index (χ0) is 14.3. The van der Waals surface area contributed by atoms with Gasteiger partial charge in [0.2, 0.25) is 5.91 Å². The molecule has 0 aliphatic heterocycles. The van der Waals surface area contributed by atoms with Gasteiger partial charge in [-0.1, -0.05) is 36.8 Å². The summed E-state index contributed by atoms with van der Waals surface area (Å²) in [6, 6.07) is 8.43. The molecule has 1 unspecified atom stereocenters. The van der Waals surface area contributed by atoms with E-state index in [0.29, 0.717) is 19.6 Å². The van der Waals surface area contributed by atoms with Crippen LogP contribution in [0.1, 0.15) is 31.0 Å². The number of hydrogen-bond acceptors (Lipinski definition) is 3. The number of carbonyl (C=O) groups is 1. The summed E-state index contributed by atoms with van der Waals surface area (Å²) in [4.78, 5) is 13.8. The molecular weight excluding hydrogens is 238 g/mol. The van der Waals surface area contributed by atoms with Gasteiger partial charge in [0.25, 0.3) is 0 Å². The Balaban J connectivity index is 2.80. The largest absolute Gasteiger partial charge is 0.355 e. The van der Waals surface area contributed by atoms with E-state index >= 15 is 0 Å². The Labute approximate surface area is 116 Å². The second kappa shape index (κ2) is 7.92. The normalized spacial score (nSPS) is 12.5. The van der Waals surface area contributed by atoms with Gasteiger partial charge in [-0.25, -0.2) is 0 Å². The molecule has 19 heavy (non-hydrogen) atoms. The predicted octanol–water partition coefficient (Wildman–Crippen LogP) is 1.45. The van der Waals surface area contributed by atoms with E-state index in [1.807, 2.05) is 6.92 Å². The highest BCUT2D eigenvalue weighted by molar-refractivity contribution is 5.78. The first-order valence-electron chi connectivity index (χ1n) is 6.89. The lowest BCUT2D eigenvalue weighted by molar-refractivity contribution is -0.122. The van der Waals surface area contributed by atoms with Crippen molar-refractivity contribution in [3.8, 4) is 0 Å². The highest BCUT2D eigenvalue weighted by Crippen LogP contribution is 2.19. The van der Waals surface area contributed by atoms with Gasteiger partial charge in [-0.05, 0) is 26.0 Å². The maximum absolute atomic E-state index is 11.7. The Kier molecular flexibility index (Phi) is 6.53. The molecule has 0 fully saturated rings. The molecule has 106 valence electrons. The van der Waals surface area contributed by atoms with Crippen molar-refractivity contribution >= 4 is 5.91 Å².